The largest absolute Gasteiger partial charge is 0.508 e. The molecule has 0 spiro atoms. The highest BCUT2D eigenvalue weighted by Gasteiger charge is 2.05. The van der Waals surface area contributed by atoms with E-state index in [1.54, 1.807) is 12.2 Å². The van der Waals surface area contributed by atoms with Crippen LogP contribution in [0.3, 0.4) is 0 Å². The Morgan fingerprint density at radius 3 is 2.79 bits per heavy atom. The first-order valence-corrected chi connectivity index (χ1v) is 6.72. The van der Waals surface area contributed by atoms with Crippen molar-refractivity contribution in [1.29, 1.82) is 0 Å². The molecule has 0 heterocycles. The first-order valence-electron chi connectivity index (χ1n) is 6.72. The number of hydrogen-bond acceptors (Lipinski definition) is 2. The Morgan fingerprint density at radius 1 is 1.21 bits per heavy atom. The molecule has 2 nitrogen and oxygen atoms in total. The molecule has 19 heavy (non-hydrogen) atoms. The summed E-state index contributed by atoms with van der Waals surface area (Å²) in [5.74, 6) is 1.27. The van der Waals surface area contributed by atoms with Crippen LogP contribution in [0.2, 0.25) is 0 Å². The van der Waals surface area contributed by atoms with Gasteiger partial charge in [-0.15, -0.1) is 0 Å². The van der Waals surface area contributed by atoms with Crippen molar-refractivity contribution in [3.63, 3.8) is 0 Å². The van der Waals surface area contributed by atoms with Crippen LogP contribution < -0.4 is 4.74 Å². The van der Waals surface area contributed by atoms with E-state index in [0.717, 1.165) is 41.9 Å². The maximum atomic E-state index is 9.47. The Kier molecular flexibility index (Phi) is 4.45. The zero-order valence-corrected chi connectivity index (χ0v) is 11.5. The summed E-state index contributed by atoms with van der Waals surface area (Å²) in [7, 11) is 0. The summed E-state index contributed by atoms with van der Waals surface area (Å²) in [4.78, 5) is 0. The number of aryl methyl sites for hydroxylation is 1. The Morgan fingerprint density at radius 2 is 2.05 bits per heavy atom. The Balaban J connectivity index is 2.20. The van der Waals surface area contributed by atoms with Gasteiger partial charge in [0.05, 0.1) is 6.61 Å². The standard InChI is InChI=1S/C17H20O2/c1-3-11-19-17-10-8-15(12-13(17)2)14-5-4-6-16(18)9-7-14/h5-10,12,18H,3-4,11H2,1-2H3. The van der Waals surface area contributed by atoms with Crippen molar-refractivity contribution in [3.05, 3.63) is 59.4 Å². The van der Waals surface area contributed by atoms with Crippen LogP contribution in [0.1, 0.15) is 30.9 Å². The minimum atomic E-state index is 0.325. The maximum absolute atomic E-state index is 9.47. The molecule has 2 rings (SSSR count). The molecule has 0 atom stereocenters. The van der Waals surface area contributed by atoms with E-state index in [0.29, 0.717) is 5.76 Å². The van der Waals surface area contributed by atoms with E-state index < -0.39 is 0 Å². The highest BCUT2D eigenvalue weighted by molar-refractivity contribution is 5.76. The second kappa shape index (κ2) is 6.28. The molecule has 0 amide bonds. The van der Waals surface area contributed by atoms with Crippen LogP contribution in [0, 0.1) is 6.92 Å². The molecule has 100 valence electrons. The summed E-state index contributed by atoms with van der Waals surface area (Å²) in [6.45, 7) is 4.91. The highest BCUT2D eigenvalue weighted by atomic mass is 16.5. The van der Waals surface area contributed by atoms with Crippen molar-refractivity contribution in [1.82, 2.24) is 0 Å². The predicted molar refractivity (Wildman–Crippen MR) is 79.4 cm³/mol. The lowest BCUT2D eigenvalue weighted by Crippen LogP contribution is -1.97. The van der Waals surface area contributed by atoms with Gasteiger partial charge in [-0.05, 0) is 60.8 Å². The first-order chi connectivity index (χ1) is 9.20. The van der Waals surface area contributed by atoms with E-state index in [1.807, 2.05) is 12.1 Å². The molecule has 0 fully saturated rings. The average Bonchev–Trinajstić information content (AvgIpc) is 2.62. The van der Waals surface area contributed by atoms with Crippen molar-refractivity contribution in [3.8, 4) is 5.75 Å². The lowest BCUT2D eigenvalue weighted by atomic mass is 10.0. The third kappa shape index (κ3) is 3.50. The van der Waals surface area contributed by atoms with Crippen molar-refractivity contribution in [2.24, 2.45) is 0 Å². The molecule has 2 heteroatoms. The summed E-state index contributed by atoms with van der Waals surface area (Å²) in [6.07, 6.45) is 9.35. The fraction of sp³-hybridized carbons (Fsp3) is 0.294. The number of rotatable bonds is 4. The van der Waals surface area contributed by atoms with Crippen molar-refractivity contribution in [2.45, 2.75) is 26.7 Å². The molecule has 0 unspecified atom stereocenters. The fourth-order valence-corrected chi connectivity index (χ4v) is 2.03. The first kappa shape index (κ1) is 13.5. The minimum absolute atomic E-state index is 0.325. The summed E-state index contributed by atoms with van der Waals surface area (Å²) in [5, 5.41) is 9.47. The zero-order valence-electron chi connectivity index (χ0n) is 11.5. The summed E-state index contributed by atoms with van der Waals surface area (Å²) in [6, 6.07) is 6.22. The molecule has 1 aliphatic rings. The lowest BCUT2D eigenvalue weighted by Gasteiger charge is -2.10. The van der Waals surface area contributed by atoms with Crippen LogP contribution in [0.25, 0.3) is 5.57 Å². The van der Waals surface area contributed by atoms with Crippen molar-refractivity contribution >= 4 is 5.57 Å². The Bertz CT molecular complexity index is 536. The third-order valence-corrected chi connectivity index (χ3v) is 3.07. The molecular formula is C17H20O2. The van der Waals surface area contributed by atoms with Crippen molar-refractivity contribution in [2.75, 3.05) is 6.61 Å². The van der Waals surface area contributed by atoms with E-state index in [4.69, 9.17) is 4.74 Å². The predicted octanol–water partition coefficient (Wildman–Crippen LogP) is 4.57. The van der Waals surface area contributed by atoms with Gasteiger partial charge in [-0.3, -0.25) is 0 Å². The molecular weight excluding hydrogens is 236 g/mol. The number of allylic oxidation sites excluding steroid dienone is 5. The minimum Gasteiger partial charge on any atom is -0.508 e. The van der Waals surface area contributed by atoms with Gasteiger partial charge in [-0.2, -0.15) is 0 Å². The summed E-state index contributed by atoms with van der Waals surface area (Å²) >= 11 is 0. The van der Waals surface area contributed by atoms with E-state index >= 15 is 0 Å². The molecule has 1 aromatic rings. The van der Waals surface area contributed by atoms with Crippen LogP contribution in [0.4, 0.5) is 0 Å². The number of aliphatic hydroxyl groups excluding tert-OH is 1. The number of hydrogen-bond donors (Lipinski definition) is 1. The molecule has 0 aliphatic heterocycles. The summed E-state index contributed by atoms with van der Waals surface area (Å²) < 4.78 is 5.68. The average molecular weight is 256 g/mol. The van der Waals surface area contributed by atoms with Gasteiger partial charge < -0.3 is 9.84 Å². The normalized spacial score (nSPS) is 14.6. The molecule has 1 N–H and O–H groups in total. The molecule has 1 aliphatic carbocycles. The van der Waals surface area contributed by atoms with Crippen LogP contribution in [-0.2, 0) is 0 Å². The van der Waals surface area contributed by atoms with Gasteiger partial charge in [-0.1, -0.05) is 25.1 Å². The Labute approximate surface area is 114 Å². The second-order valence-corrected chi connectivity index (χ2v) is 4.69. The topological polar surface area (TPSA) is 29.5 Å². The van der Waals surface area contributed by atoms with Gasteiger partial charge in [0.2, 0.25) is 0 Å². The van der Waals surface area contributed by atoms with Gasteiger partial charge in [0.25, 0.3) is 0 Å². The number of aliphatic hydroxyl groups is 1. The molecule has 1 aromatic carbocycles. The van der Waals surface area contributed by atoms with Gasteiger partial charge >= 0.3 is 0 Å². The quantitative estimate of drug-likeness (QED) is 0.855. The van der Waals surface area contributed by atoms with E-state index in [-0.39, 0.29) is 0 Å². The summed E-state index contributed by atoms with van der Waals surface area (Å²) in [5.41, 5.74) is 3.42. The van der Waals surface area contributed by atoms with E-state index in [9.17, 15) is 5.11 Å². The lowest BCUT2D eigenvalue weighted by molar-refractivity contribution is 0.315. The molecule has 0 saturated carbocycles. The second-order valence-electron chi connectivity index (χ2n) is 4.69. The van der Waals surface area contributed by atoms with Crippen LogP contribution in [0.5, 0.6) is 5.75 Å². The monoisotopic (exact) mass is 256 g/mol. The smallest absolute Gasteiger partial charge is 0.122 e. The SMILES string of the molecule is CCCOc1ccc(C2=CCC=C(O)C=C2)cc1C. The highest BCUT2D eigenvalue weighted by Crippen LogP contribution is 2.26. The Hall–Kier alpha value is -1.96. The maximum Gasteiger partial charge on any atom is 0.122 e. The molecule has 0 bridgehead atoms. The van der Waals surface area contributed by atoms with Crippen LogP contribution >= 0.6 is 0 Å². The van der Waals surface area contributed by atoms with Gasteiger partial charge in [0, 0.05) is 0 Å². The van der Waals surface area contributed by atoms with Crippen LogP contribution in [-0.4, -0.2) is 11.7 Å². The number of benzene rings is 1. The molecule has 0 aromatic heterocycles. The molecule has 0 radical (unpaired) electrons. The zero-order chi connectivity index (χ0) is 13.7. The van der Waals surface area contributed by atoms with E-state index in [2.05, 4.69) is 32.1 Å². The number of ether oxygens (including phenoxy) is 1. The van der Waals surface area contributed by atoms with Gasteiger partial charge in [-0.25, -0.2) is 0 Å². The van der Waals surface area contributed by atoms with Crippen LogP contribution in [0.15, 0.2) is 48.3 Å². The van der Waals surface area contributed by atoms with Gasteiger partial charge in [0.15, 0.2) is 0 Å². The fourth-order valence-electron chi connectivity index (χ4n) is 2.03. The van der Waals surface area contributed by atoms with E-state index in [1.165, 1.54) is 0 Å². The third-order valence-electron chi connectivity index (χ3n) is 3.07. The molecule has 0 saturated heterocycles. The van der Waals surface area contributed by atoms with Crippen molar-refractivity contribution < 1.29 is 9.84 Å². The van der Waals surface area contributed by atoms with Gasteiger partial charge in [0.1, 0.15) is 11.5 Å².